The molecule has 0 amide bonds. The van der Waals surface area contributed by atoms with Gasteiger partial charge in [0.2, 0.25) is 5.95 Å². The van der Waals surface area contributed by atoms with E-state index in [2.05, 4.69) is 4.98 Å². The molecule has 0 spiro atoms. The Morgan fingerprint density at radius 3 is 2.64 bits per heavy atom. The van der Waals surface area contributed by atoms with Gasteiger partial charge in [0.25, 0.3) is 0 Å². The second-order valence-electron chi connectivity index (χ2n) is 1.84. The number of alkyl halides is 1. The zero-order valence-corrected chi connectivity index (χ0v) is 6.76. The molecule has 0 radical (unpaired) electrons. The maximum atomic E-state index is 12.6. The van der Waals surface area contributed by atoms with Crippen LogP contribution in [-0.4, -0.2) is 4.98 Å². The summed E-state index contributed by atoms with van der Waals surface area (Å²) in [6.07, 6.45) is 1.10. The van der Waals surface area contributed by atoms with Crippen molar-refractivity contribution in [3.63, 3.8) is 0 Å². The first-order valence-electron chi connectivity index (χ1n) is 2.71. The minimum absolute atomic E-state index is 0.0169. The Labute approximate surface area is 72.0 Å². The average Bonchev–Trinajstić information content (AvgIpc) is 2.01. The smallest absolute Gasteiger partial charge is 0.225 e. The molecular formula is C6H3Cl2F2N. The Morgan fingerprint density at radius 2 is 2.09 bits per heavy atom. The first-order chi connectivity index (χ1) is 5.16. The first kappa shape index (κ1) is 8.68. The molecule has 11 heavy (non-hydrogen) atoms. The van der Waals surface area contributed by atoms with Crippen LogP contribution in [0.2, 0.25) is 5.02 Å². The summed E-state index contributed by atoms with van der Waals surface area (Å²) in [5.41, 5.74) is 0.284. The lowest BCUT2D eigenvalue weighted by Crippen LogP contribution is -1.94. The summed E-state index contributed by atoms with van der Waals surface area (Å²) in [5.74, 6) is -2.34. The summed E-state index contributed by atoms with van der Waals surface area (Å²) in [6.45, 7) is 0. The normalized spacial score (nSPS) is 10.2. The summed E-state index contributed by atoms with van der Waals surface area (Å²) >= 11 is 10.7. The Kier molecular flexibility index (Phi) is 2.62. The van der Waals surface area contributed by atoms with E-state index in [1.165, 1.54) is 0 Å². The molecule has 60 valence electrons. The van der Waals surface area contributed by atoms with Gasteiger partial charge in [0.15, 0.2) is 5.82 Å². The fraction of sp³-hybridized carbons (Fsp3) is 0.167. The number of hydrogen-bond donors (Lipinski definition) is 0. The average molecular weight is 198 g/mol. The van der Waals surface area contributed by atoms with E-state index in [-0.39, 0.29) is 16.5 Å². The van der Waals surface area contributed by atoms with Crippen LogP contribution in [0.15, 0.2) is 6.20 Å². The Bertz CT molecular complexity index is 278. The number of halogens is 4. The SMILES string of the molecule is Fc1ncc(CCl)c(Cl)c1F. The topological polar surface area (TPSA) is 12.9 Å². The number of rotatable bonds is 1. The molecule has 0 N–H and O–H groups in total. The third kappa shape index (κ3) is 1.60. The molecular weight excluding hydrogens is 195 g/mol. The largest absolute Gasteiger partial charge is 0.250 e. The molecule has 0 atom stereocenters. The van der Waals surface area contributed by atoms with Gasteiger partial charge in [0, 0.05) is 11.8 Å². The molecule has 1 nitrogen and oxygen atoms in total. The van der Waals surface area contributed by atoms with Gasteiger partial charge in [-0.15, -0.1) is 11.6 Å². The molecule has 0 aliphatic carbocycles. The van der Waals surface area contributed by atoms with Gasteiger partial charge in [-0.05, 0) is 0 Å². The molecule has 1 aromatic rings. The first-order valence-corrected chi connectivity index (χ1v) is 3.62. The molecule has 0 saturated carbocycles. The zero-order valence-electron chi connectivity index (χ0n) is 5.24. The van der Waals surface area contributed by atoms with Crippen molar-refractivity contribution in [2.45, 2.75) is 5.88 Å². The summed E-state index contributed by atoms with van der Waals surface area (Å²) in [5, 5.41) is -0.299. The van der Waals surface area contributed by atoms with Gasteiger partial charge in [0.1, 0.15) is 0 Å². The van der Waals surface area contributed by atoms with E-state index in [9.17, 15) is 8.78 Å². The monoisotopic (exact) mass is 197 g/mol. The van der Waals surface area contributed by atoms with E-state index < -0.39 is 11.8 Å². The van der Waals surface area contributed by atoms with E-state index in [4.69, 9.17) is 23.2 Å². The predicted octanol–water partition coefficient (Wildman–Crippen LogP) is 2.75. The third-order valence-electron chi connectivity index (χ3n) is 1.13. The second kappa shape index (κ2) is 3.32. The van der Waals surface area contributed by atoms with Gasteiger partial charge < -0.3 is 0 Å². The highest BCUT2D eigenvalue weighted by molar-refractivity contribution is 6.32. The van der Waals surface area contributed by atoms with Gasteiger partial charge >= 0.3 is 0 Å². The van der Waals surface area contributed by atoms with Crippen molar-refractivity contribution < 1.29 is 8.78 Å². The van der Waals surface area contributed by atoms with Crippen molar-refractivity contribution in [1.29, 1.82) is 0 Å². The highest BCUT2D eigenvalue weighted by Gasteiger charge is 2.11. The van der Waals surface area contributed by atoms with Gasteiger partial charge in [-0.3, -0.25) is 0 Å². The number of nitrogens with zero attached hydrogens (tertiary/aromatic N) is 1. The lowest BCUT2D eigenvalue weighted by molar-refractivity contribution is 0.478. The fourth-order valence-electron chi connectivity index (χ4n) is 0.573. The van der Waals surface area contributed by atoms with Crippen molar-refractivity contribution in [2.75, 3.05) is 0 Å². The molecule has 0 aliphatic rings. The quantitative estimate of drug-likeness (QED) is 0.499. The summed E-state index contributed by atoms with van der Waals surface area (Å²) in [6, 6.07) is 0. The molecule has 0 bridgehead atoms. The van der Waals surface area contributed by atoms with E-state index >= 15 is 0 Å². The molecule has 1 aromatic heterocycles. The minimum atomic E-state index is -1.20. The van der Waals surface area contributed by atoms with Crippen LogP contribution in [0.4, 0.5) is 8.78 Å². The van der Waals surface area contributed by atoms with E-state index in [1.54, 1.807) is 0 Å². The maximum absolute atomic E-state index is 12.6. The van der Waals surface area contributed by atoms with Gasteiger partial charge in [-0.1, -0.05) is 11.6 Å². The van der Waals surface area contributed by atoms with Crippen LogP contribution >= 0.6 is 23.2 Å². The van der Waals surface area contributed by atoms with Crippen LogP contribution in [0.3, 0.4) is 0 Å². The van der Waals surface area contributed by atoms with Crippen molar-refractivity contribution in [1.82, 2.24) is 4.98 Å². The predicted molar refractivity (Wildman–Crippen MR) is 38.7 cm³/mol. The Balaban J connectivity index is 3.25. The molecule has 0 fully saturated rings. The van der Waals surface area contributed by atoms with Crippen molar-refractivity contribution in [2.24, 2.45) is 0 Å². The highest BCUT2D eigenvalue weighted by Crippen LogP contribution is 2.21. The molecule has 0 saturated heterocycles. The lowest BCUT2D eigenvalue weighted by atomic mass is 10.3. The van der Waals surface area contributed by atoms with Crippen molar-refractivity contribution >= 4 is 23.2 Å². The molecule has 0 aromatic carbocycles. The Morgan fingerprint density at radius 1 is 1.45 bits per heavy atom. The second-order valence-corrected chi connectivity index (χ2v) is 2.48. The summed E-state index contributed by atoms with van der Waals surface area (Å²) < 4.78 is 24.8. The number of aromatic nitrogens is 1. The summed E-state index contributed by atoms with van der Waals surface area (Å²) in [4.78, 5) is 3.10. The molecule has 1 heterocycles. The molecule has 1 rings (SSSR count). The van der Waals surface area contributed by atoms with E-state index in [0.29, 0.717) is 0 Å². The van der Waals surface area contributed by atoms with Crippen LogP contribution < -0.4 is 0 Å². The van der Waals surface area contributed by atoms with Crippen molar-refractivity contribution in [3.05, 3.63) is 28.5 Å². The maximum Gasteiger partial charge on any atom is 0.250 e. The van der Waals surface area contributed by atoms with Crippen LogP contribution in [0.5, 0.6) is 0 Å². The molecule has 5 heteroatoms. The van der Waals surface area contributed by atoms with Crippen molar-refractivity contribution in [3.8, 4) is 0 Å². The van der Waals surface area contributed by atoms with Crippen LogP contribution in [0, 0.1) is 11.8 Å². The van der Waals surface area contributed by atoms with Gasteiger partial charge in [0.05, 0.1) is 10.9 Å². The molecule has 0 unspecified atom stereocenters. The van der Waals surface area contributed by atoms with E-state index in [0.717, 1.165) is 6.20 Å². The lowest BCUT2D eigenvalue weighted by Gasteiger charge is -1.99. The summed E-state index contributed by atoms with van der Waals surface area (Å²) in [7, 11) is 0. The van der Waals surface area contributed by atoms with E-state index in [1.807, 2.05) is 0 Å². The zero-order chi connectivity index (χ0) is 8.43. The number of hydrogen-bond acceptors (Lipinski definition) is 1. The third-order valence-corrected chi connectivity index (χ3v) is 1.83. The van der Waals surface area contributed by atoms with Gasteiger partial charge in [-0.25, -0.2) is 9.37 Å². The minimum Gasteiger partial charge on any atom is -0.225 e. The standard InChI is InChI=1S/C6H3Cl2F2N/c7-1-3-2-11-6(10)5(9)4(3)8/h2H,1H2. The Hall–Kier alpha value is -0.410. The highest BCUT2D eigenvalue weighted by atomic mass is 35.5. The van der Waals surface area contributed by atoms with Crippen LogP contribution in [0.25, 0.3) is 0 Å². The van der Waals surface area contributed by atoms with Gasteiger partial charge in [-0.2, -0.15) is 4.39 Å². The number of pyridine rings is 1. The molecule has 0 aliphatic heterocycles. The van der Waals surface area contributed by atoms with Crippen LogP contribution in [-0.2, 0) is 5.88 Å². The fourth-order valence-corrected chi connectivity index (χ4v) is 1.04. The van der Waals surface area contributed by atoms with Crippen LogP contribution in [0.1, 0.15) is 5.56 Å².